The van der Waals surface area contributed by atoms with Crippen molar-refractivity contribution >= 4 is 11.3 Å². The van der Waals surface area contributed by atoms with Crippen LogP contribution in [-0.4, -0.2) is 11.5 Å². The van der Waals surface area contributed by atoms with Gasteiger partial charge in [-0.1, -0.05) is 34.6 Å². The second-order valence-electron chi connectivity index (χ2n) is 7.70. The van der Waals surface area contributed by atoms with Gasteiger partial charge in [0, 0.05) is 11.6 Å². The molecular weight excluding hydrogens is 252 g/mol. The first-order valence-electron chi connectivity index (χ1n) is 7.44. The normalized spacial score (nSPS) is 24.3. The minimum atomic E-state index is 0.0788. The maximum atomic E-state index is 4.65. The molecule has 19 heavy (non-hydrogen) atoms. The van der Waals surface area contributed by atoms with E-state index in [0.717, 1.165) is 6.54 Å². The number of thiazole rings is 1. The molecule has 0 radical (unpaired) electrons. The summed E-state index contributed by atoms with van der Waals surface area (Å²) in [6.45, 7) is 12.9. The Kier molecular flexibility index (Phi) is 4.08. The fourth-order valence-corrected chi connectivity index (χ4v) is 5.11. The van der Waals surface area contributed by atoms with Crippen LogP contribution in [0.5, 0.6) is 0 Å². The first-order valence-corrected chi connectivity index (χ1v) is 8.32. The molecule has 1 aliphatic carbocycles. The Balaban J connectivity index is 2.36. The van der Waals surface area contributed by atoms with E-state index in [0.29, 0.717) is 10.8 Å². The molecule has 1 aromatic heterocycles. The quantitative estimate of drug-likeness (QED) is 0.873. The average molecular weight is 280 g/mol. The van der Waals surface area contributed by atoms with E-state index in [4.69, 9.17) is 0 Å². The van der Waals surface area contributed by atoms with Gasteiger partial charge in [-0.25, -0.2) is 4.98 Å². The molecule has 0 unspecified atom stereocenters. The molecular formula is C16H28N2S. The molecule has 0 saturated heterocycles. The van der Waals surface area contributed by atoms with E-state index in [1.807, 2.05) is 6.20 Å². The van der Waals surface area contributed by atoms with Crippen molar-refractivity contribution in [3.05, 3.63) is 16.6 Å². The van der Waals surface area contributed by atoms with Crippen molar-refractivity contribution in [3.63, 3.8) is 0 Å². The Labute approximate surface area is 122 Å². The van der Waals surface area contributed by atoms with Crippen LogP contribution >= 0.6 is 11.3 Å². The fraction of sp³-hybridized carbons (Fsp3) is 0.812. The van der Waals surface area contributed by atoms with E-state index >= 15 is 0 Å². The van der Waals surface area contributed by atoms with E-state index in [2.05, 4.69) is 50.3 Å². The molecule has 1 aliphatic rings. The summed E-state index contributed by atoms with van der Waals surface area (Å²) in [5.74, 6) is 0. The molecule has 2 rings (SSSR count). The maximum absolute atomic E-state index is 4.65. The highest BCUT2D eigenvalue weighted by molar-refractivity contribution is 7.09. The van der Waals surface area contributed by atoms with E-state index in [1.165, 1.54) is 30.7 Å². The molecule has 1 aromatic rings. The molecule has 0 amide bonds. The molecule has 3 heteroatoms. The van der Waals surface area contributed by atoms with Crippen LogP contribution in [0, 0.1) is 10.8 Å². The SMILES string of the molecule is CCCNC1(c2nccs2)CC(C)(C)CC(C)(C)C1. The van der Waals surface area contributed by atoms with Gasteiger partial charge >= 0.3 is 0 Å². The zero-order valence-electron chi connectivity index (χ0n) is 13.0. The predicted molar refractivity (Wildman–Crippen MR) is 83.5 cm³/mol. The molecule has 0 spiro atoms. The van der Waals surface area contributed by atoms with Gasteiger partial charge in [-0.2, -0.15) is 0 Å². The number of aromatic nitrogens is 1. The third kappa shape index (κ3) is 3.38. The predicted octanol–water partition coefficient (Wildman–Crippen LogP) is 4.57. The summed E-state index contributed by atoms with van der Waals surface area (Å²) in [6, 6.07) is 0. The Morgan fingerprint density at radius 2 is 1.79 bits per heavy atom. The summed E-state index contributed by atoms with van der Waals surface area (Å²) in [4.78, 5) is 4.65. The molecule has 1 N–H and O–H groups in total. The van der Waals surface area contributed by atoms with Crippen LogP contribution in [0.2, 0.25) is 0 Å². The van der Waals surface area contributed by atoms with Gasteiger partial charge in [0.05, 0.1) is 5.54 Å². The first-order chi connectivity index (χ1) is 8.79. The van der Waals surface area contributed by atoms with Crippen molar-refractivity contribution in [3.8, 4) is 0 Å². The maximum Gasteiger partial charge on any atom is 0.113 e. The molecule has 0 aliphatic heterocycles. The number of rotatable bonds is 4. The van der Waals surface area contributed by atoms with Crippen LogP contribution in [0.15, 0.2) is 11.6 Å². The highest BCUT2D eigenvalue weighted by Gasteiger charge is 2.49. The summed E-state index contributed by atoms with van der Waals surface area (Å²) >= 11 is 1.81. The van der Waals surface area contributed by atoms with Gasteiger partial charge in [0.2, 0.25) is 0 Å². The minimum absolute atomic E-state index is 0.0788. The standard InChI is InChI=1S/C16H28N2S/c1-6-7-18-16(13-17-8-9-19-13)11-14(2,3)10-15(4,5)12-16/h8-9,18H,6-7,10-12H2,1-5H3. The largest absolute Gasteiger partial charge is 0.305 e. The molecule has 0 aromatic carbocycles. The van der Waals surface area contributed by atoms with Crippen LogP contribution < -0.4 is 5.32 Å². The van der Waals surface area contributed by atoms with E-state index < -0.39 is 0 Å². The van der Waals surface area contributed by atoms with Crippen molar-refractivity contribution in [2.24, 2.45) is 10.8 Å². The van der Waals surface area contributed by atoms with Gasteiger partial charge < -0.3 is 5.32 Å². The van der Waals surface area contributed by atoms with Crippen LogP contribution in [0.25, 0.3) is 0 Å². The van der Waals surface area contributed by atoms with Crippen LogP contribution in [0.1, 0.15) is 65.3 Å². The number of nitrogens with one attached hydrogen (secondary N) is 1. The van der Waals surface area contributed by atoms with E-state index in [9.17, 15) is 0 Å². The summed E-state index contributed by atoms with van der Waals surface area (Å²) in [5, 5.41) is 7.24. The van der Waals surface area contributed by atoms with Crippen LogP contribution in [0.4, 0.5) is 0 Å². The highest BCUT2D eigenvalue weighted by Crippen LogP contribution is 2.54. The average Bonchev–Trinajstić information content (AvgIpc) is 2.75. The van der Waals surface area contributed by atoms with E-state index in [1.54, 1.807) is 11.3 Å². The van der Waals surface area contributed by atoms with Gasteiger partial charge in [0.15, 0.2) is 0 Å². The molecule has 1 saturated carbocycles. The fourth-order valence-electron chi connectivity index (χ4n) is 4.29. The van der Waals surface area contributed by atoms with Crippen molar-refractivity contribution in [1.29, 1.82) is 0 Å². The second-order valence-corrected chi connectivity index (χ2v) is 8.60. The third-order valence-corrected chi connectivity index (χ3v) is 5.05. The van der Waals surface area contributed by atoms with Crippen molar-refractivity contribution in [2.45, 2.75) is 65.8 Å². The second kappa shape index (κ2) is 5.17. The topological polar surface area (TPSA) is 24.9 Å². The lowest BCUT2D eigenvalue weighted by atomic mass is 9.58. The lowest BCUT2D eigenvalue weighted by Crippen LogP contribution is -2.52. The van der Waals surface area contributed by atoms with Gasteiger partial charge in [-0.3, -0.25) is 0 Å². The summed E-state index contributed by atoms with van der Waals surface area (Å²) in [7, 11) is 0. The van der Waals surface area contributed by atoms with Crippen molar-refractivity contribution < 1.29 is 0 Å². The summed E-state index contributed by atoms with van der Waals surface area (Å²) in [5.41, 5.74) is 0.817. The Morgan fingerprint density at radius 1 is 1.16 bits per heavy atom. The molecule has 0 bridgehead atoms. The Bertz CT molecular complexity index is 390. The highest BCUT2D eigenvalue weighted by atomic mass is 32.1. The van der Waals surface area contributed by atoms with Crippen LogP contribution in [-0.2, 0) is 5.54 Å². The molecule has 0 atom stereocenters. The van der Waals surface area contributed by atoms with Crippen LogP contribution in [0.3, 0.4) is 0 Å². The van der Waals surface area contributed by atoms with E-state index in [-0.39, 0.29) is 5.54 Å². The Hall–Kier alpha value is -0.410. The zero-order valence-corrected chi connectivity index (χ0v) is 13.9. The number of hydrogen-bond donors (Lipinski definition) is 1. The Morgan fingerprint density at radius 3 is 2.26 bits per heavy atom. The molecule has 1 fully saturated rings. The number of nitrogens with zero attached hydrogens (tertiary/aromatic N) is 1. The van der Waals surface area contributed by atoms with Crippen molar-refractivity contribution in [1.82, 2.24) is 10.3 Å². The smallest absolute Gasteiger partial charge is 0.113 e. The first kappa shape index (κ1) is 15.0. The third-order valence-electron chi connectivity index (χ3n) is 4.07. The van der Waals surface area contributed by atoms with Crippen molar-refractivity contribution in [2.75, 3.05) is 6.54 Å². The van der Waals surface area contributed by atoms with Gasteiger partial charge in [0.1, 0.15) is 5.01 Å². The lowest BCUT2D eigenvalue weighted by Gasteiger charge is -2.51. The van der Waals surface area contributed by atoms with Gasteiger partial charge in [0.25, 0.3) is 0 Å². The van der Waals surface area contributed by atoms with Gasteiger partial charge in [-0.05, 0) is 43.1 Å². The summed E-state index contributed by atoms with van der Waals surface area (Å²) in [6.07, 6.45) is 6.80. The summed E-state index contributed by atoms with van der Waals surface area (Å²) < 4.78 is 0. The van der Waals surface area contributed by atoms with Gasteiger partial charge in [-0.15, -0.1) is 11.3 Å². The minimum Gasteiger partial charge on any atom is -0.305 e. The molecule has 108 valence electrons. The molecule has 2 nitrogen and oxygen atoms in total. The number of hydrogen-bond acceptors (Lipinski definition) is 3. The zero-order chi connectivity index (χ0) is 14.1. The lowest BCUT2D eigenvalue weighted by molar-refractivity contribution is 0.0259. The molecule has 1 heterocycles. The monoisotopic (exact) mass is 280 g/mol.